The number of fused-ring (bicyclic) bond motifs is 1. The molecular formula is C20H23NO3. The molecule has 3 rings (SSSR count). The third-order valence-electron chi connectivity index (χ3n) is 4.23. The second-order valence-corrected chi connectivity index (χ2v) is 6.00. The van der Waals surface area contributed by atoms with Crippen molar-refractivity contribution in [2.75, 3.05) is 19.8 Å². The fourth-order valence-electron chi connectivity index (χ4n) is 2.82. The summed E-state index contributed by atoms with van der Waals surface area (Å²) in [6.45, 7) is 3.94. The van der Waals surface area contributed by atoms with Gasteiger partial charge >= 0.3 is 0 Å². The summed E-state index contributed by atoms with van der Waals surface area (Å²) in [5, 5.41) is 3.00. The highest BCUT2D eigenvalue weighted by molar-refractivity contribution is 5.76. The first-order valence-electron chi connectivity index (χ1n) is 8.42. The minimum absolute atomic E-state index is 0.0819. The molecule has 0 aliphatic carbocycles. The van der Waals surface area contributed by atoms with Crippen LogP contribution in [0.15, 0.2) is 42.5 Å². The summed E-state index contributed by atoms with van der Waals surface area (Å²) >= 11 is 0. The van der Waals surface area contributed by atoms with Crippen LogP contribution in [0.4, 0.5) is 0 Å². The average molecular weight is 325 g/mol. The van der Waals surface area contributed by atoms with Gasteiger partial charge in [0.1, 0.15) is 13.2 Å². The molecule has 2 aromatic carbocycles. The topological polar surface area (TPSA) is 47.6 Å². The van der Waals surface area contributed by atoms with E-state index in [1.54, 1.807) is 0 Å². The first kappa shape index (κ1) is 16.4. The number of carbonyl (C=O) groups excluding carboxylic acids is 1. The van der Waals surface area contributed by atoms with Crippen LogP contribution in [0.5, 0.6) is 11.5 Å². The van der Waals surface area contributed by atoms with Crippen LogP contribution in [0.3, 0.4) is 0 Å². The van der Waals surface area contributed by atoms with E-state index in [1.165, 1.54) is 11.1 Å². The SMILES string of the molecule is Cc1ccccc1CCNC(=O)CCc1ccc2c(c1)OCCO2. The number of hydrogen-bond acceptors (Lipinski definition) is 3. The smallest absolute Gasteiger partial charge is 0.220 e. The predicted molar refractivity (Wildman–Crippen MR) is 93.6 cm³/mol. The molecule has 1 amide bonds. The molecule has 0 aromatic heterocycles. The zero-order chi connectivity index (χ0) is 16.8. The number of nitrogens with one attached hydrogen (secondary N) is 1. The molecule has 126 valence electrons. The lowest BCUT2D eigenvalue weighted by atomic mass is 10.1. The Kier molecular flexibility index (Phi) is 5.36. The third kappa shape index (κ3) is 4.28. The number of ether oxygens (including phenoxy) is 2. The van der Waals surface area contributed by atoms with Crippen LogP contribution in [-0.2, 0) is 17.6 Å². The van der Waals surface area contributed by atoms with E-state index < -0.39 is 0 Å². The third-order valence-corrected chi connectivity index (χ3v) is 4.23. The number of hydrogen-bond donors (Lipinski definition) is 1. The van der Waals surface area contributed by atoms with E-state index in [1.807, 2.05) is 30.3 Å². The van der Waals surface area contributed by atoms with E-state index in [0.29, 0.717) is 32.6 Å². The summed E-state index contributed by atoms with van der Waals surface area (Å²) in [5.74, 6) is 1.64. The highest BCUT2D eigenvalue weighted by atomic mass is 16.6. The monoisotopic (exact) mass is 325 g/mol. The van der Waals surface area contributed by atoms with Crippen molar-refractivity contribution in [2.45, 2.75) is 26.2 Å². The molecule has 0 atom stereocenters. The molecule has 0 saturated carbocycles. The average Bonchev–Trinajstić information content (AvgIpc) is 2.61. The van der Waals surface area contributed by atoms with Crippen LogP contribution >= 0.6 is 0 Å². The summed E-state index contributed by atoms with van der Waals surface area (Å²) < 4.78 is 11.1. The van der Waals surface area contributed by atoms with E-state index in [2.05, 4.69) is 24.4 Å². The zero-order valence-corrected chi connectivity index (χ0v) is 14.0. The molecule has 0 saturated heterocycles. The van der Waals surface area contributed by atoms with Crippen molar-refractivity contribution in [2.24, 2.45) is 0 Å². The Hall–Kier alpha value is -2.49. The van der Waals surface area contributed by atoms with Gasteiger partial charge in [0, 0.05) is 13.0 Å². The van der Waals surface area contributed by atoms with Gasteiger partial charge < -0.3 is 14.8 Å². The maximum absolute atomic E-state index is 12.0. The van der Waals surface area contributed by atoms with Crippen molar-refractivity contribution in [1.82, 2.24) is 5.32 Å². The summed E-state index contributed by atoms with van der Waals surface area (Å²) in [5.41, 5.74) is 3.64. The van der Waals surface area contributed by atoms with E-state index in [9.17, 15) is 4.79 Å². The first-order chi connectivity index (χ1) is 11.7. The Balaban J connectivity index is 1.43. The fraction of sp³-hybridized carbons (Fsp3) is 0.350. The molecule has 4 heteroatoms. The Bertz CT molecular complexity index is 712. The maximum atomic E-state index is 12.0. The highest BCUT2D eigenvalue weighted by Gasteiger charge is 2.12. The van der Waals surface area contributed by atoms with Gasteiger partial charge in [-0.15, -0.1) is 0 Å². The minimum atomic E-state index is 0.0819. The first-order valence-corrected chi connectivity index (χ1v) is 8.42. The number of rotatable bonds is 6. The predicted octanol–water partition coefficient (Wildman–Crippen LogP) is 3.06. The lowest BCUT2D eigenvalue weighted by Crippen LogP contribution is -2.26. The van der Waals surface area contributed by atoms with Crippen molar-refractivity contribution in [3.63, 3.8) is 0 Å². The van der Waals surface area contributed by atoms with Crippen LogP contribution in [-0.4, -0.2) is 25.7 Å². The molecule has 1 heterocycles. The highest BCUT2D eigenvalue weighted by Crippen LogP contribution is 2.31. The molecule has 1 N–H and O–H groups in total. The van der Waals surface area contributed by atoms with Gasteiger partial charge in [-0.2, -0.15) is 0 Å². The van der Waals surface area contributed by atoms with Crippen molar-refractivity contribution < 1.29 is 14.3 Å². The van der Waals surface area contributed by atoms with Crippen LogP contribution in [0.25, 0.3) is 0 Å². The number of aryl methyl sites for hydroxylation is 2. The number of amides is 1. The van der Waals surface area contributed by atoms with Crippen molar-refractivity contribution in [1.29, 1.82) is 0 Å². The zero-order valence-electron chi connectivity index (χ0n) is 14.0. The summed E-state index contributed by atoms with van der Waals surface area (Å²) in [6, 6.07) is 14.1. The van der Waals surface area contributed by atoms with E-state index in [4.69, 9.17) is 9.47 Å². The van der Waals surface area contributed by atoms with Gasteiger partial charge in [0.05, 0.1) is 0 Å². The Labute approximate surface area is 142 Å². The van der Waals surface area contributed by atoms with Crippen LogP contribution in [0.2, 0.25) is 0 Å². The number of carbonyl (C=O) groups is 1. The molecule has 24 heavy (non-hydrogen) atoms. The van der Waals surface area contributed by atoms with Crippen LogP contribution in [0, 0.1) is 6.92 Å². The molecule has 1 aliphatic heterocycles. The number of benzene rings is 2. The Morgan fingerprint density at radius 3 is 2.67 bits per heavy atom. The lowest BCUT2D eigenvalue weighted by Gasteiger charge is -2.18. The van der Waals surface area contributed by atoms with Gasteiger partial charge in [-0.05, 0) is 48.6 Å². The van der Waals surface area contributed by atoms with E-state index >= 15 is 0 Å². The molecule has 1 aliphatic rings. The van der Waals surface area contributed by atoms with Crippen molar-refractivity contribution in [3.05, 3.63) is 59.2 Å². The minimum Gasteiger partial charge on any atom is -0.486 e. The molecule has 0 fully saturated rings. The normalized spacial score (nSPS) is 12.7. The summed E-state index contributed by atoms with van der Waals surface area (Å²) in [7, 11) is 0. The molecule has 4 nitrogen and oxygen atoms in total. The Morgan fingerprint density at radius 2 is 1.83 bits per heavy atom. The van der Waals surface area contributed by atoms with Crippen LogP contribution < -0.4 is 14.8 Å². The van der Waals surface area contributed by atoms with E-state index in [-0.39, 0.29) is 5.91 Å². The van der Waals surface area contributed by atoms with Gasteiger partial charge in [-0.1, -0.05) is 30.3 Å². The standard InChI is InChI=1S/C20H23NO3/c1-15-4-2-3-5-17(15)10-11-21-20(22)9-7-16-6-8-18-19(14-16)24-13-12-23-18/h2-6,8,14H,7,9-13H2,1H3,(H,21,22). The molecule has 0 bridgehead atoms. The second kappa shape index (κ2) is 7.86. The van der Waals surface area contributed by atoms with Crippen molar-refractivity contribution in [3.8, 4) is 11.5 Å². The quantitative estimate of drug-likeness (QED) is 0.888. The van der Waals surface area contributed by atoms with Gasteiger partial charge in [0.15, 0.2) is 11.5 Å². The van der Waals surface area contributed by atoms with Gasteiger partial charge in [0.2, 0.25) is 5.91 Å². The molecular weight excluding hydrogens is 302 g/mol. The Morgan fingerprint density at radius 1 is 1.04 bits per heavy atom. The molecule has 0 spiro atoms. The summed E-state index contributed by atoms with van der Waals surface area (Å²) in [6.07, 6.45) is 2.04. The van der Waals surface area contributed by atoms with E-state index in [0.717, 1.165) is 23.5 Å². The lowest BCUT2D eigenvalue weighted by molar-refractivity contribution is -0.121. The van der Waals surface area contributed by atoms with Gasteiger partial charge in [-0.25, -0.2) is 0 Å². The van der Waals surface area contributed by atoms with Gasteiger partial charge in [-0.3, -0.25) is 4.79 Å². The second-order valence-electron chi connectivity index (χ2n) is 6.00. The maximum Gasteiger partial charge on any atom is 0.220 e. The largest absolute Gasteiger partial charge is 0.486 e. The van der Waals surface area contributed by atoms with Crippen molar-refractivity contribution >= 4 is 5.91 Å². The molecule has 0 radical (unpaired) electrons. The molecule has 2 aromatic rings. The summed E-state index contributed by atoms with van der Waals surface area (Å²) in [4.78, 5) is 12.0. The molecule has 0 unspecified atom stereocenters. The van der Waals surface area contributed by atoms with Crippen LogP contribution in [0.1, 0.15) is 23.1 Å². The fourth-order valence-corrected chi connectivity index (χ4v) is 2.82. The van der Waals surface area contributed by atoms with Gasteiger partial charge in [0.25, 0.3) is 0 Å².